The topological polar surface area (TPSA) is 50.4 Å². The first kappa shape index (κ1) is 11.6. The number of hydrogen-bond acceptors (Lipinski definition) is 1. The van der Waals surface area contributed by atoms with Crippen molar-refractivity contribution in [3.05, 3.63) is 29.8 Å². The van der Waals surface area contributed by atoms with Gasteiger partial charge in [-0.3, -0.25) is 4.99 Å². The third-order valence-corrected chi connectivity index (χ3v) is 2.26. The van der Waals surface area contributed by atoms with Gasteiger partial charge in [-0.25, -0.2) is 0 Å². The molecule has 1 aromatic carbocycles. The van der Waals surface area contributed by atoms with E-state index in [4.69, 9.17) is 5.73 Å². The minimum Gasteiger partial charge on any atom is -0.370 e. The van der Waals surface area contributed by atoms with Gasteiger partial charge in [0.2, 0.25) is 0 Å². The molecule has 3 nitrogen and oxygen atoms in total. The van der Waals surface area contributed by atoms with Gasteiger partial charge in [-0.1, -0.05) is 32.9 Å². The van der Waals surface area contributed by atoms with Crippen molar-refractivity contribution in [2.24, 2.45) is 10.7 Å². The molecule has 0 aliphatic carbocycles. The number of aliphatic imine (C=N–C) groups is 1. The van der Waals surface area contributed by atoms with Crippen molar-refractivity contribution in [2.75, 3.05) is 12.4 Å². The Kier molecular flexibility index (Phi) is 3.35. The molecule has 0 radical (unpaired) electrons. The SMILES string of the molecule is CN=C(N)Nc1ccc(C(C)(C)C)cc1. The van der Waals surface area contributed by atoms with Crippen molar-refractivity contribution < 1.29 is 0 Å². The number of guanidine groups is 1. The van der Waals surface area contributed by atoms with Crippen molar-refractivity contribution in [3.63, 3.8) is 0 Å². The van der Waals surface area contributed by atoms with Crippen LogP contribution in [-0.4, -0.2) is 13.0 Å². The number of rotatable bonds is 1. The Labute approximate surface area is 91.4 Å². The van der Waals surface area contributed by atoms with Crippen LogP contribution >= 0.6 is 0 Å². The highest BCUT2D eigenvalue weighted by molar-refractivity contribution is 5.92. The van der Waals surface area contributed by atoms with Crippen LogP contribution < -0.4 is 11.1 Å². The highest BCUT2D eigenvalue weighted by Gasteiger charge is 2.12. The maximum Gasteiger partial charge on any atom is 0.192 e. The number of hydrogen-bond donors (Lipinski definition) is 2. The fourth-order valence-electron chi connectivity index (χ4n) is 1.26. The molecular formula is C12H19N3. The summed E-state index contributed by atoms with van der Waals surface area (Å²) in [6.45, 7) is 6.58. The van der Waals surface area contributed by atoms with Gasteiger partial charge in [0.1, 0.15) is 0 Å². The average Bonchev–Trinajstić information content (AvgIpc) is 2.17. The Bertz CT molecular complexity index is 344. The Morgan fingerprint density at radius 3 is 2.13 bits per heavy atom. The van der Waals surface area contributed by atoms with Crippen molar-refractivity contribution in [2.45, 2.75) is 26.2 Å². The van der Waals surface area contributed by atoms with Crippen molar-refractivity contribution >= 4 is 11.6 Å². The molecule has 0 saturated heterocycles. The van der Waals surface area contributed by atoms with Gasteiger partial charge in [0.05, 0.1) is 0 Å². The maximum absolute atomic E-state index is 5.57. The summed E-state index contributed by atoms with van der Waals surface area (Å²) in [6.07, 6.45) is 0. The van der Waals surface area contributed by atoms with E-state index in [9.17, 15) is 0 Å². The fourth-order valence-corrected chi connectivity index (χ4v) is 1.26. The van der Waals surface area contributed by atoms with Gasteiger partial charge in [0.15, 0.2) is 5.96 Å². The molecule has 3 heteroatoms. The first-order chi connectivity index (χ1) is 6.93. The molecule has 0 heterocycles. The lowest BCUT2D eigenvalue weighted by Crippen LogP contribution is -2.22. The molecule has 0 atom stereocenters. The summed E-state index contributed by atoms with van der Waals surface area (Å²) in [7, 11) is 1.66. The lowest BCUT2D eigenvalue weighted by Gasteiger charge is -2.19. The van der Waals surface area contributed by atoms with E-state index in [0.717, 1.165) is 5.69 Å². The van der Waals surface area contributed by atoms with Gasteiger partial charge >= 0.3 is 0 Å². The van der Waals surface area contributed by atoms with Crippen LogP contribution in [0.15, 0.2) is 29.3 Å². The maximum atomic E-state index is 5.57. The largest absolute Gasteiger partial charge is 0.370 e. The second kappa shape index (κ2) is 4.34. The summed E-state index contributed by atoms with van der Waals surface area (Å²) < 4.78 is 0. The van der Waals surface area contributed by atoms with Crippen LogP contribution in [0.3, 0.4) is 0 Å². The highest BCUT2D eigenvalue weighted by Crippen LogP contribution is 2.23. The van der Waals surface area contributed by atoms with Crippen LogP contribution in [-0.2, 0) is 5.41 Å². The zero-order valence-corrected chi connectivity index (χ0v) is 9.83. The zero-order chi connectivity index (χ0) is 11.5. The van der Waals surface area contributed by atoms with E-state index in [0.29, 0.717) is 5.96 Å². The lowest BCUT2D eigenvalue weighted by atomic mass is 9.87. The van der Waals surface area contributed by atoms with Crippen LogP contribution in [0, 0.1) is 0 Å². The van der Waals surface area contributed by atoms with Gasteiger partial charge in [0.25, 0.3) is 0 Å². The number of anilines is 1. The lowest BCUT2D eigenvalue weighted by molar-refractivity contribution is 0.590. The molecule has 0 saturated carbocycles. The molecule has 0 spiro atoms. The minimum atomic E-state index is 0.183. The number of benzene rings is 1. The van der Waals surface area contributed by atoms with Crippen LogP contribution in [0.1, 0.15) is 26.3 Å². The molecule has 0 aromatic heterocycles. The Hall–Kier alpha value is -1.51. The summed E-state index contributed by atoms with van der Waals surface area (Å²) in [5, 5.41) is 3.00. The summed E-state index contributed by atoms with van der Waals surface area (Å²) >= 11 is 0. The first-order valence-corrected chi connectivity index (χ1v) is 5.03. The Morgan fingerprint density at radius 1 is 1.20 bits per heavy atom. The second-order valence-electron chi connectivity index (χ2n) is 4.56. The molecular weight excluding hydrogens is 186 g/mol. The Balaban J connectivity index is 2.82. The number of nitrogens with zero attached hydrogens (tertiary/aromatic N) is 1. The second-order valence-corrected chi connectivity index (χ2v) is 4.56. The normalized spacial score (nSPS) is 12.7. The molecule has 0 bridgehead atoms. The molecule has 0 unspecified atom stereocenters. The van der Waals surface area contributed by atoms with Crippen molar-refractivity contribution in [3.8, 4) is 0 Å². The smallest absolute Gasteiger partial charge is 0.192 e. The summed E-state index contributed by atoms with van der Waals surface area (Å²) in [5.74, 6) is 0.429. The first-order valence-electron chi connectivity index (χ1n) is 5.03. The van der Waals surface area contributed by atoms with Crippen molar-refractivity contribution in [1.82, 2.24) is 0 Å². The molecule has 0 aliphatic heterocycles. The van der Waals surface area contributed by atoms with E-state index in [1.807, 2.05) is 12.1 Å². The molecule has 15 heavy (non-hydrogen) atoms. The number of nitrogens with one attached hydrogen (secondary N) is 1. The van der Waals surface area contributed by atoms with Crippen LogP contribution in [0.5, 0.6) is 0 Å². The molecule has 0 fully saturated rings. The zero-order valence-electron chi connectivity index (χ0n) is 9.83. The standard InChI is InChI=1S/C12H19N3/c1-12(2,3)9-5-7-10(8-6-9)15-11(13)14-4/h5-8H,1-4H3,(H3,13,14,15). The monoisotopic (exact) mass is 205 g/mol. The summed E-state index contributed by atoms with van der Waals surface area (Å²) in [5.41, 5.74) is 8.02. The number of nitrogens with two attached hydrogens (primary N) is 1. The van der Waals surface area contributed by atoms with Gasteiger partial charge < -0.3 is 11.1 Å². The molecule has 0 aliphatic rings. The van der Waals surface area contributed by atoms with Crippen LogP contribution in [0.4, 0.5) is 5.69 Å². The van der Waals surface area contributed by atoms with E-state index in [2.05, 4.69) is 43.2 Å². The van der Waals surface area contributed by atoms with E-state index in [1.165, 1.54) is 5.56 Å². The molecule has 3 N–H and O–H groups in total. The van der Waals surface area contributed by atoms with Gasteiger partial charge in [-0.05, 0) is 23.1 Å². The van der Waals surface area contributed by atoms with Gasteiger partial charge in [0, 0.05) is 12.7 Å². The molecule has 0 amide bonds. The van der Waals surface area contributed by atoms with Gasteiger partial charge in [-0.2, -0.15) is 0 Å². The third kappa shape index (κ3) is 3.27. The van der Waals surface area contributed by atoms with E-state index in [-0.39, 0.29) is 5.41 Å². The Morgan fingerprint density at radius 2 is 1.73 bits per heavy atom. The summed E-state index contributed by atoms with van der Waals surface area (Å²) in [6, 6.07) is 8.23. The molecule has 1 aromatic rings. The van der Waals surface area contributed by atoms with Gasteiger partial charge in [-0.15, -0.1) is 0 Å². The fraction of sp³-hybridized carbons (Fsp3) is 0.417. The quantitative estimate of drug-likeness (QED) is 0.546. The van der Waals surface area contributed by atoms with Crippen LogP contribution in [0.2, 0.25) is 0 Å². The van der Waals surface area contributed by atoms with E-state index >= 15 is 0 Å². The predicted octanol–water partition coefficient (Wildman–Crippen LogP) is 2.34. The predicted molar refractivity (Wildman–Crippen MR) is 66.3 cm³/mol. The van der Waals surface area contributed by atoms with E-state index < -0.39 is 0 Å². The minimum absolute atomic E-state index is 0.183. The summed E-state index contributed by atoms with van der Waals surface area (Å²) in [4.78, 5) is 3.84. The molecule has 1 rings (SSSR count). The third-order valence-electron chi connectivity index (χ3n) is 2.26. The van der Waals surface area contributed by atoms with Crippen molar-refractivity contribution in [1.29, 1.82) is 0 Å². The highest BCUT2D eigenvalue weighted by atomic mass is 15.1. The average molecular weight is 205 g/mol. The van der Waals surface area contributed by atoms with Crippen LogP contribution in [0.25, 0.3) is 0 Å². The van der Waals surface area contributed by atoms with E-state index in [1.54, 1.807) is 7.05 Å². The molecule has 82 valence electrons.